The molecule has 5 rings (SSSR count). The molecule has 1 fully saturated rings. The first kappa shape index (κ1) is 25.8. The molecule has 1 saturated heterocycles. The fourth-order valence-electron chi connectivity index (χ4n) is 4.09. The summed E-state index contributed by atoms with van der Waals surface area (Å²) in [5.74, 6) is -0.217. The van der Waals surface area contributed by atoms with Crippen LogP contribution in [-0.4, -0.2) is 28.6 Å². The Morgan fingerprint density at radius 3 is 2.50 bits per heavy atom. The number of halogens is 1. The first-order chi connectivity index (χ1) is 18.4. The molecule has 0 atom stereocenters. The van der Waals surface area contributed by atoms with Crippen LogP contribution in [0.3, 0.4) is 0 Å². The van der Waals surface area contributed by atoms with Gasteiger partial charge in [-0.05, 0) is 77.0 Å². The smallest absolute Gasteiger partial charge is 0.344 e. The molecule has 4 aromatic carbocycles. The number of amides is 2. The van der Waals surface area contributed by atoms with Gasteiger partial charge in [0.05, 0.1) is 23.6 Å². The fourth-order valence-corrected chi connectivity index (χ4v) is 5.19. The van der Waals surface area contributed by atoms with Crippen molar-refractivity contribution in [1.82, 2.24) is 4.90 Å². The minimum Gasteiger partial charge on any atom is -0.490 e. The maximum absolute atomic E-state index is 13.0. The molecule has 1 aliphatic heterocycles. The molecule has 190 valence electrons. The average Bonchev–Trinajstić information content (AvgIpc) is 3.18. The summed E-state index contributed by atoms with van der Waals surface area (Å²) in [6.45, 7) is 2.38. The second-order valence-corrected chi connectivity index (χ2v) is 10.4. The van der Waals surface area contributed by atoms with Gasteiger partial charge in [0.25, 0.3) is 11.1 Å². The minimum absolute atomic E-state index is 0.197. The van der Waals surface area contributed by atoms with Crippen molar-refractivity contribution in [2.24, 2.45) is 0 Å². The third kappa shape index (κ3) is 5.51. The summed E-state index contributed by atoms with van der Waals surface area (Å²) in [4.78, 5) is 40.1. The van der Waals surface area contributed by atoms with Crippen molar-refractivity contribution < 1.29 is 23.9 Å². The largest absolute Gasteiger partial charge is 0.490 e. The molecule has 0 saturated carbocycles. The molecule has 6 nitrogen and oxygen atoms in total. The van der Waals surface area contributed by atoms with Crippen LogP contribution in [0.15, 0.2) is 94.3 Å². The summed E-state index contributed by atoms with van der Waals surface area (Å²) in [5, 5.41) is 1.42. The van der Waals surface area contributed by atoms with Crippen LogP contribution in [0.5, 0.6) is 11.5 Å². The van der Waals surface area contributed by atoms with E-state index in [1.165, 1.54) is 4.90 Å². The van der Waals surface area contributed by atoms with Crippen molar-refractivity contribution in [3.05, 3.63) is 111 Å². The van der Waals surface area contributed by atoms with Crippen molar-refractivity contribution in [3.63, 3.8) is 0 Å². The number of fused-ring (bicyclic) bond motifs is 1. The number of hydrogen-bond acceptors (Lipinski definition) is 6. The topological polar surface area (TPSA) is 72.9 Å². The normalized spacial score (nSPS) is 14.4. The number of hydrogen-bond donors (Lipinski definition) is 0. The Labute approximate surface area is 232 Å². The predicted molar refractivity (Wildman–Crippen MR) is 152 cm³/mol. The highest BCUT2D eigenvalue weighted by atomic mass is 79.9. The molecule has 0 aliphatic carbocycles. The van der Waals surface area contributed by atoms with Crippen LogP contribution < -0.4 is 9.47 Å². The van der Waals surface area contributed by atoms with Gasteiger partial charge in [0, 0.05) is 4.47 Å². The Morgan fingerprint density at radius 1 is 0.947 bits per heavy atom. The summed E-state index contributed by atoms with van der Waals surface area (Å²) in [6, 6.07) is 25.6. The third-order valence-corrected chi connectivity index (χ3v) is 7.34. The Kier molecular flexibility index (Phi) is 7.62. The highest BCUT2D eigenvalue weighted by Gasteiger charge is 2.35. The van der Waals surface area contributed by atoms with E-state index in [9.17, 15) is 14.4 Å². The van der Waals surface area contributed by atoms with E-state index in [4.69, 9.17) is 9.47 Å². The standard InChI is InChI=1S/C30H22BrNO5S/c1-2-36-26-16-20(17-27-28(33)32(30(35)38-27)18-19-10-13-22(31)14-11-19)12-15-25(26)37-29(34)24-9-5-7-21-6-3-4-8-23(21)24/h3-17H,2,18H2,1H3/b27-17-. The quantitative estimate of drug-likeness (QED) is 0.127. The number of imide groups is 1. The van der Waals surface area contributed by atoms with Gasteiger partial charge < -0.3 is 9.47 Å². The van der Waals surface area contributed by atoms with Crippen LogP contribution in [0.2, 0.25) is 0 Å². The SMILES string of the molecule is CCOc1cc(/C=C2\SC(=O)N(Cc3ccc(Br)cc3)C2=O)ccc1OC(=O)c1cccc2ccccc12. The number of ether oxygens (including phenoxy) is 2. The van der Waals surface area contributed by atoms with Gasteiger partial charge in [-0.3, -0.25) is 14.5 Å². The van der Waals surface area contributed by atoms with Gasteiger partial charge in [0.1, 0.15) is 0 Å². The number of nitrogens with zero attached hydrogens (tertiary/aromatic N) is 1. The van der Waals surface area contributed by atoms with Crippen LogP contribution >= 0.6 is 27.7 Å². The lowest BCUT2D eigenvalue weighted by molar-refractivity contribution is -0.123. The molecule has 2 amide bonds. The van der Waals surface area contributed by atoms with E-state index in [2.05, 4.69) is 15.9 Å². The van der Waals surface area contributed by atoms with Crippen LogP contribution in [0, 0.1) is 0 Å². The van der Waals surface area contributed by atoms with E-state index in [1.54, 1.807) is 30.3 Å². The minimum atomic E-state index is -0.496. The monoisotopic (exact) mass is 587 g/mol. The lowest BCUT2D eigenvalue weighted by atomic mass is 10.0. The molecule has 0 aromatic heterocycles. The Balaban J connectivity index is 1.37. The summed E-state index contributed by atoms with van der Waals surface area (Å²) in [7, 11) is 0. The molecule has 1 heterocycles. The van der Waals surface area contributed by atoms with E-state index in [-0.39, 0.29) is 23.4 Å². The molecule has 0 radical (unpaired) electrons. The molecule has 0 N–H and O–H groups in total. The molecule has 0 unspecified atom stereocenters. The number of carbonyl (C=O) groups is 3. The van der Waals surface area contributed by atoms with Gasteiger partial charge in [-0.25, -0.2) is 4.79 Å². The van der Waals surface area contributed by atoms with Crippen LogP contribution in [-0.2, 0) is 11.3 Å². The van der Waals surface area contributed by atoms with Crippen molar-refractivity contribution >= 4 is 61.7 Å². The zero-order valence-corrected chi connectivity index (χ0v) is 22.8. The maximum Gasteiger partial charge on any atom is 0.344 e. The fraction of sp³-hybridized carbons (Fsp3) is 0.100. The third-order valence-electron chi connectivity index (χ3n) is 5.91. The molecule has 38 heavy (non-hydrogen) atoms. The Morgan fingerprint density at radius 2 is 1.71 bits per heavy atom. The lowest BCUT2D eigenvalue weighted by Gasteiger charge is -2.13. The first-order valence-corrected chi connectivity index (χ1v) is 13.5. The van der Waals surface area contributed by atoms with Crippen LogP contribution in [0.1, 0.15) is 28.4 Å². The van der Waals surface area contributed by atoms with Crippen molar-refractivity contribution in [1.29, 1.82) is 0 Å². The summed E-state index contributed by atoms with van der Waals surface area (Å²) in [5.41, 5.74) is 1.95. The molecule has 1 aliphatic rings. The number of esters is 1. The molecular formula is C30H22BrNO5S. The van der Waals surface area contributed by atoms with Gasteiger partial charge in [0.2, 0.25) is 0 Å². The number of carbonyl (C=O) groups excluding carboxylic acids is 3. The molecule has 4 aromatic rings. The summed E-state index contributed by atoms with van der Waals surface area (Å²) in [6.07, 6.45) is 1.64. The van der Waals surface area contributed by atoms with Crippen LogP contribution in [0.4, 0.5) is 4.79 Å². The van der Waals surface area contributed by atoms with Crippen molar-refractivity contribution in [2.45, 2.75) is 13.5 Å². The second-order valence-electron chi connectivity index (χ2n) is 8.45. The maximum atomic E-state index is 13.0. The highest BCUT2D eigenvalue weighted by Crippen LogP contribution is 2.36. The summed E-state index contributed by atoms with van der Waals surface area (Å²) < 4.78 is 12.4. The molecule has 0 spiro atoms. The molecule has 8 heteroatoms. The molecule has 0 bridgehead atoms. The summed E-state index contributed by atoms with van der Waals surface area (Å²) >= 11 is 4.28. The lowest BCUT2D eigenvalue weighted by Crippen LogP contribution is -2.27. The average molecular weight is 588 g/mol. The van der Waals surface area contributed by atoms with E-state index in [0.29, 0.717) is 28.4 Å². The van der Waals surface area contributed by atoms with Crippen molar-refractivity contribution in [3.8, 4) is 11.5 Å². The number of thioether (sulfide) groups is 1. The second kappa shape index (κ2) is 11.2. The number of benzene rings is 4. The van der Waals surface area contributed by atoms with Crippen LogP contribution in [0.25, 0.3) is 16.8 Å². The highest BCUT2D eigenvalue weighted by molar-refractivity contribution is 9.10. The molecular weight excluding hydrogens is 566 g/mol. The number of rotatable bonds is 7. The zero-order chi connectivity index (χ0) is 26.6. The van der Waals surface area contributed by atoms with Gasteiger partial charge in [-0.15, -0.1) is 0 Å². The zero-order valence-electron chi connectivity index (χ0n) is 20.3. The van der Waals surface area contributed by atoms with E-state index in [1.807, 2.05) is 67.6 Å². The van der Waals surface area contributed by atoms with Gasteiger partial charge in [0.15, 0.2) is 11.5 Å². The van der Waals surface area contributed by atoms with E-state index >= 15 is 0 Å². The first-order valence-electron chi connectivity index (χ1n) is 11.9. The Hall–Kier alpha value is -3.88. The Bertz CT molecular complexity index is 1580. The van der Waals surface area contributed by atoms with Gasteiger partial charge in [-0.1, -0.05) is 70.5 Å². The van der Waals surface area contributed by atoms with Gasteiger partial charge >= 0.3 is 5.97 Å². The van der Waals surface area contributed by atoms with Gasteiger partial charge in [-0.2, -0.15) is 0 Å². The van der Waals surface area contributed by atoms with Crippen molar-refractivity contribution in [2.75, 3.05) is 6.61 Å². The van der Waals surface area contributed by atoms with E-state index in [0.717, 1.165) is 32.6 Å². The predicted octanol–water partition coefficient (Wildman–Crippen LogP) is 7.46. The van der Waals surface area contributed by atoms with E-state index < -0.39 is 5.97 Å².